The number of benzene rings is 1. The highest BCUT2D eigenvalue weighted by molar-refractivity contribution is 5.80. The van der Waals surface area contributed by atoms with E-state index in [1.807, 2.05) is 15.9 Å². The molecule has 1 aliphatic carbocycles. The predicted octanol–water partition coefficient (Wildman–Crippen LogP) is 1.92. The third kappa shape index (κ3) is 3.94. The summed E-state index contributed by atoms with van der Waals surface area (Å²) in [6.45, 7) is 4.74. The number of amides is 3. The van der Waals surface area contributed by atoms with Crippen LogP contribution >= 0.6 is 0 Å². The van der Waals surface area contributed by atoms with Gasteiger partial charge in [-0.05, 0) is 37.8 Å². The molecule has 4 rings (SSSR count). The molecule has 0 atom stereocenters. The van der Waals surface area contributed by atoms with Crippen molar-refractivity contribution in [1.82, 2.24) is 15.1 Å². The summed E-state index contributed by atoms with van der Waals surface area (Å²) >= 11 is 0. The average molecular weight is 356 g/mol. The first-order valence-corrected chi connectivity index (χ1v) is 9.85. The zero-order valence-corrected chi connectivity index (χ0v) is 15.3. The molecule has 1 aromatic carbocycles. The Hall–Kier alpha value is -2.24. The van der Waals surface area contributed by atoms with Gasteiger partial charge in [0, 0.05) is 56.9 Å². The highest BCUT2D eigenvalue weighted by Crippen LogP contribution is 2.23. The van der Waals surface area contributed by atoms with Crippen molar-refractivity contribution in [2.75, 3.05) is 44.2 Å². The highest BCUT2D eigenvalue weighted by atomic mass is 16.2. The fourth-order valence-electron chi connectivity index (χ4n) is 3.91. The van der Waals surface area contributed by atoms with Gasteiger partial charge in [-0.2, -0.15) is 0 Å². The Labute approximate surface area is 155 Å². The van der Waals surface area contributed by atoms with E-state index in [0.29, 0.717) is 19.1 Å². The summed E-state index contributed by atoms with van der Waals surface area (Å²) in [6, 6.07) is 10.8. The Bertz CT molecular complexity index is 630. The molecule has 2 heterocycles. The molecule has 0 radical (unpaired) electrons. The standard InChI is InChI=1S/C20H28N4O2/c25-19(16-8-10-24(11-9-16)20(26)21-17-6-7-17)23-14-12-22(13-15-23)18-4-2-1-3-5-18/h1-5,16-17H,6-15H2,(H,21,26). The van der Waals surface area contributed by atoms with Gasteiger partial charge in [0.25, 0.3) is 0 Å². The lowest BCUT2D eigenvalue weighted by molar-refractivity contribution is -0.137. The number of carbonyl (C=O) groups is 2. The Morgan fingerprint density at radius 3 is 2.08 bits per heavy atom. The normalized spacial score (nSPS) is 21.6. The van der Waals surface area contributed by atoms with E-state index in [0.717, 1.165) is 51.9 Å². The number of hydrogen-bond acceptors (Lipinski definition) is 3. The summed E-state index contributed by atoms with van der Waals surface area (Å²) in [7, 11) is 0. The number of piperidine rings is 1. The van der Waals surface area contributed by atoms with Crippen LogP contribution in [0.3, 0.4) is 0 Å². The molecule has 1 aromatic rings. The maximum atomic E-state index is 12.8. The number of anilines is 1. The molecule has 1 saturated carbocycles. The second kappa shape index (κ2) is 7.56. The number of hydrogen-bond donors (Lipinski definition) is 1. The number of piperazine rings is 1. The van der Waals surface area contributed by atoms with Crippen LogP contribution in [0.2, 0.25) is 0 Å². The van der Waals surface area contributed by atoms with Crippen LogP contribution in [0.4, 0.5) is 10.5 Å². The number of likely N-dealkylation sites (tertiary alicyclic amines) is 1. The fraction of sp³-hybridized carbons (Fsp3) is 0.600. The molecule has 3 amide bonds. The minimum atomic E-state index is 0.0508. The molecule has 3 fully saturated rings. The van der Waals surface area contributed by atoms with E-state index in [-0.39, 0.29) is 17.9 Å². The van der Waals surface area contributed by atoms with E-state index in [4.69, 9.17) is 0 Å². The van der Waals surface area contributed by atoms with Gasteiger partial charge in [-0.3, -0.25) is 4.79 Å². The summed E-state index contributed by atoms with van der Waals surface area (Å²) in [5, 5.41) is 3.04. The van der Waals surface area contributed by atoms with E-state index in [2.05, 4.69) is 34.5 Å². The van der Waals surface area contributed by atoms with E-state index in [9.17, 15) is 9.59 Å². The van der Waals surface area contributed by atoms with Crippen LogP contribution in [-0.4, -0.2) is 67.0 Å². The van der Waals surface area contributed by atoms with Gasteiger partial charge in [-0.1, -0.05) is 18.2 Å². The van der Waals surface area contributed by atoms with E-state index in [1.165, 1.54) is 5.69 Å². The quantitative estimate of drug-likeness (QED) is 0.900. The van der Waals surface area contributed by atoms with Gasteiger partial charge in [0.2, 0.25) is 5.91 Å². The minimum Gasteiger partial charge on any atom is -0.368 e. The summed E-state index contributed by atoms with van der Waals surface area (Å²) in [4.78, 5) is 31.2. The van der Waals surface area contributed by atoms with Crippen molar-refractivity contribution in [3.8, 4) is 0 Å². The number of urea groups is 1. The second-order valence-corrected chi connectivity index (χ2v) is 7.63. The lowest BCUT2D eigenvalue weighted by Gasteiger charge is -2.39. The number of rotatable bonds is 3. The van der Waals surface area contributed by atoms with Crippen molar-refractivity contribution in [2.45, 2.75) is 31.7 Å². The van der Waals surface area contributed by atoms with Crippen LogP contribution in [0, 0.1) is 5.92 Å². The fourth-order valence-corrected chi connectivity index (χ4v) is 3.91. The van der Waals surface area contributed by atoms with E-state index >= 15 is 0 Å². The van der Waals surface area contributed by atoms with Gasteiger partial charge in [-0.15, -0.1) is 0 Å². The van der Waals surface area contributed by atoms with Gasteiger partial charge >= 0.3 is 6.03 Å². The number of para-hydroxylation sites is 1. The molecule has 2 saturated heterocycles. The molecule has 0 unspecified atom stereocenters. The molecule has 3 aliphatic rings. The van der Waals surface area contributed by atoms with Crippen LogP contribution < -0.4 is 10.2 Å². The second-order valence-electron chi connectivity index (χ2n) is 7.63. The van der Waals surface area contributed by atoms with Crippen molar-refractivity contribution in [1.29, 1.82) is 0 Å². The van der Waals surface area contributed by atoms with Gasteiger partial charge in [-0.25, -0.2) is 4.79 Å². The molecule has 2 aliphatic heterocycles. The maximum absolute atomic E-state index is 12.8. The average Bonchev–Trinajstić information content (AvgIpc) is 3.52. The van der Waals surface area contributed by atoms with Crippen molar-refractivity contribution < 1.29 is 9.59 Å². The Morgan fingerprint density at radius 2 is 1.46 bits per heavy atom. The van der Waals surface area contributed by atoms with E-state index < -0.39 is 0 Å². The largest absolute Gasteiger partial charge is 0.368 e. The molecule has 26 heavy (non-hydrogen) atoms. The zero-order chi connectivity index (χ0) is 17.9. The van der Waals surface area contributed by atoms with Crippen LogP contribution in [-0.2, 0) is 4.79 Å². The van der Waals surface area contributed by atoms with Crippen molar-refractivity contribution in [3.63, 3.8) is 0 Å². The summed E-state index contributed by atoms with van der Waals surface area (Å²) in [6.07, 6.45) is 3.79. The molecule has 0 spiro atoms. The number of nitrogens with one attached hydrogen (secondary N) is 1. The van der Waals surface area contributed by atoms with Crippen LogP contribution in [0.5, 0.6) is 0 Å². The van der Waals surface area contributed by atoms with Gasteiger partial charge < -0.3 is 20.0 Å². The van der Waals surface area contributed by atoms with Crippen LogP contribution in [0.25, 0.3) is 0 Å². The molecule has 6 nitrogen and oxygen atoms in total. The highest BCUT2D eigenvalue weighted by Gasteiger charge is 2.33. The van der Waals surface area contributed by atoms with Gasteiger partial charge in [0.1, 0.15) is 0 Å². The number of carbonyl (C=O) groups excluding carboxylic acids is 2. The topological polar surface area (TPSA) is 55.9 Å². The minimum absolute atomic E-state index is 0.0508. The Morgan fingerprint density at radius 1 is 0.808 bits per heavy atom. The van der Waals surface area contributed by atoms with E-state index in [1.54, 1.807) is 0 Å². The number of nitrogens with zero attached hydrogens (tertiary/aromatic N) is 3. The van der Waals surface area contributed by atoms with Crippen LogP contribution in [0.1, 0.15) is 25.7 Å². The smallest absolute Gasteiger partial charge is 0.317 e. The predicted molar refractivity (Wildman–Crippen MR) is 101 cm³/mol. The molecular weight excluding hydrogens is 328 g/mol. The first kappa shape index (κ1) is 17.2. The first-order valence-electron chi connectivity index (χ1n) is 9.85. The first-order chi connectivity index (χ1) is 12.7. The van der Waals surface area contributed by atoms with Gasteiger partial charge in [0.15, 0.2) is 0 Å². The molecular formula is C20H28N4O2. The molecule has 0 aromatic heterocycles. The summed E-state index contributed by atoms with van der Waals surface area (Å²) < 4.78 is 0. The summed E-state index contributed by atoms with van der Waals surface area (Å²) in [5.74, 6) is 0.350. The third-order valence-electron chi connectivity index (χ3n) is 5.75. The molecule has 6 heteroatoms. The third-order valence-corrected chi connectivity index (χ3v) is 5.75. The lowest BCUT2D eigenvalue weighted by Crippen LogP contribution is -2.52. The Kier molecular flexibility index (Phi) is 5.00. The molecule has 1 N–H and O–H groups in total. The molecule has 140 valence electrons. The van der Waals surface area contributed by atoms with Crippen molar-refractivity contribution in [2.24, 2.45) is 5.92 Å². The SMILES string of the molecule is O=C(NC1CC1)N1CCC(C(=O)N2CCN(c3ccccc3)CC2)CC1. The zero-order valence-electron chi connectivity index (χ0n) is 15.3. The lowest BCUT2D eigenvalue weighted by atomic mass is 9.95. The van der Waals surface area contributed by atoms with Crippen molar-refractivity contribution >= 4 is 17.6 Å². The Balaban J connectivity index is 1.23. The monoisotopic (exact) mass is 356 g/mol. The summed E-state index contributed by atoms with van der Waals surface area (Å²) in [5.41, 5.74) is 1.23. The maximum Gasteiger partial charge on any atom is 0.317 e. The molecule has 0 bridgehead atoms. The van der Waals surface area contributed by atoms with Crippen molar-refractivity contribution in [3.05, 3.63) is 30.3 Å². The van der Waals surface area contributed by atoms with Gasteiger partial charge in [0.05, 0.1) is 0 Å². The van der Waals surface area contributed by atoms with Crippen LogP contribution in [0.15, 0.2) is 30.3 Å².